The largest absolute Gasteiger partial charge is 0.508 e. The van der Waals surface area contributed by atoms with E-state index in [-0.39, 0.29) is 41.6 Å². The van der Waals surface area contributed by atoms with Crippen molar-refractivity contribution in [3.8, 4) is 39.5 Å². The molecule has 0 atom stereocenters. The minimum atomic E-state index is -0.859. The SMILES string of the molecule is CCOC(=O)c1c2cccccc-2c(C(c2ccc(O)cc2)c2c3cccccc-3c(C(=O)OCC)c2O)c1O. The van der Waals surface area contributed by atoms with E-state index in [2.05, 4.69) is 0 Å². The van der Waals surface area contributed by atoms with Gasteiger partial charge in [0, 0.05) is 28.2 Å². The molecule has 3 N–H and O–H groups in total. The third-order valence-corrected chi connectivity index (χ3v) is 6.94. The molecule has 1 aromatic rings. The second kappa shape index (κ2) is 11.0. The second-order valence-corrected chi connectivity index (χ2v) is 9.22. The van der Waals surface area contributed by atoms with Crippen LogP contribution in [0, 0.1) is 0 Å². The fourth-order valence-corrected chi connectivity index (χ4v) is 5.33. The number of aromatic hydroxyl groups is 3. The number of carbonyl (C=O) groups excluding carboxylic acids is 2. The Morgan fingerprint density at radius 3 is 1.40 bits per heavy atom. The maximum Gasteiger partial charge on any atom is 0.342 e. The topological polar surface area (TPSA) is 113 Å². The first-order valence-corrected chi connectivity index (χ1v) is 13.0. The van der Waals surface area contributed by atoms with Gasteiger partial charge in [0.1, 0.15) is 28.4 Å². The van der Waals surface area contributed by atoms with Gasteiger partial charge < -0.3 is 24.8 Å². The van der Waals surface area contributed by atoms with E-state index in [1.54, 1.807) is 86.6 Å². The van der Waals surface area contributed by atoms with Gasteiger partial charge in [-0.15, -0.1) is 0 Å². The van der Waals surface area contributed by atoms with Crippen molar-refractivity contribution in [2.45, 2.75) is 19.8 Å². The van der Waals surface area contributed by atoms with E-state index in [1.807, 2.05) is 0 Å². The lowest BCUT2D eigenvalue weighted by Crippen LogP contribution is -2.06. The number of hydrogen-bond donors (Lipinski definition) is 3. The molecule has 1 aromatic carbocycles. The predicted molar refractivity (Wildman–Crippen MR) is 150 cm³/mol. The molecule has 4 aliphatic rings. The monoisotopic (exact) mass is 536 g/mol. The molecule has 0 heterocycles. The Hall–Kier alpha value is -5.04. The first-order chi connectivity index (χ1) is 19.4. The first kappa shape index (κ1) is 26.6. The third kappa shape index (κ3) is 4.45. The van der Waals surface area contributed by atoms with Gasteiger partial charge in [0.25, 0.3) is 0 Å². The Morgan fingerprint density at radius 1 is 0.600 bits per heavy atom. The highest BCUT2D eigenvalue weighted by Crippen LogP contribution is 2.55. The molecule has 7 heteroatoms. The number of phenolic OH excluding ortho intramolecular Hbond substituents is 1. The molecule has 0 fully saturated rings. The van der Waals surface area contributed by atoms with Gasteiger partial charge in [-0.1, -0.05) is 72.8 Å². The summed E-state index contributed by atoms with van der Waals surface area (Å²) in [5.74, 6) is -2.76. The van der Waals surface area contributed by atoms with Gasteiger partial charge >= 0.3 is 11.9 Å². The van der Waals surface area contributed by atoms with E-state index in [0.717, 1.165) is 0 Å². The third-order valence-electron chi connectivity index (χ3n) is 6.94. The maximum absolute atomic E-state index is 13.1. The number of fused-ring (bicyclic) bond motifs is 2. The molecule has 0 spiro atoms. The molecule has 202 valence electrons. The van der Waals surface area contributed by atoms with Gasteiger partial charge in [-0.05, 0) is 42.7 Å². The highest BCUT2D eigenvalue weighted by atomic mass is 16.5. The first-order valence-electron chi connectivity index (χ1n) is 13.0. The highest BCUT2D eigenvalue weighted by molar-refractivity contribution is 6.06. The maximum atomic E-state index is 13.1. The molecular weight excluding hydrogens is 508 g/mol. The average Bonchev–Trinajstić information content (AvgIpc) is 3.13. The molecule has 4 aliphatic carbocycles. The molecular formula is C33H28O7. The lowest BCUT2D eigenvalue weighted by molar-refractivity contribution is 0.0514. The van der Waals surface area contributed by atoms with Gasteiger partial charge in [0.05, 0.1) is 13.2 Å². The van der Waals surface area contributed by atoms with Crippen LogP contribution in [0.3, 0.4) is 0 Å². The van der Waals surface area contributed by atoms with Crippen LogP contribution in [0.25, 0.3) is 22.3 Å². The molecule has 0 aromatic heterocycles. The fourth-order valence-electron chi connectivity index (χ4n) is 5.33. The molecule has 0 saturated carbocycles. The Kier molecular flexibility index (Phi) is 7.29. The smallest absolute Gasteiger partial charge is 0.342 e. The molecule has 5 rings (SSSR count). The van der Waals surface area contributed by atoms with E-state index < -0.39 is 17.9 Å². The number of benzene rings is 1. The average molecular weight is 537 g/mol. The van der Waals surface area contributed by atoms with Gasteiger partial charge in [0.15, 0.2) is 0 Å². The summed E-state index contributed by atoms with van der Waals surface area (Å²) in [5, 5.41) is 33.5. The number of hydrogen-bond acceptors (Lipinski definition) is 7. The summed E-state index contributed by atoms with van der Waals surface area (Å²) in [6, 6.07) is 24.1. The van der Waals surface area contributed by atoms with Crippen LogP contribution in [0.4, 0.5) is 0 Å². The minimum Gasteiger partial charge on any atom is -0.508 e. The number of carbonyl (C=O) groups is 2. The zero-order valence-electron chi connectivity index (χ0n) is 22.0. The summed E-state index contributed by atoms with van der Waals surface area (Å²) >= 11 is 0. The van der Waals surface area contributed by atoms with Crippen LogP contribution in [-0.4, -0.2) is 40.5 Å². The van der Waals surface area contributed by atoms with Crippen molar-refractivity contribution < 1.29 is 34.4 Å². The predicted octanol–water partition coefficient (Wildman–Crippen LogP) is 6.55. The summed E-state index contributed by atoms with van der Waals surface area (Å²) in [6.45, 7) is 3.61. The number of phenols is 1. The lowest BCUT2D eigenvalue weighted by atomic mass is 9.82. The Morgan fingerprint density at radius 2 is 1.00 bits per heavy atom. The summed E-state index contributed by atoms with van der Waals surface area (Å²) in [5.41, 5.74) is 3.42. The fraction of sp³-hybridized carbons (Fsp3) is 0.152. The van der Waals surface area contributed by atoms with Crippen molar-refractivity contribution in [1.82, 2.24) is 0 Å². The van der Waals surface area contributed by atoms with Crippen LogP contribution in [0.2, 0.25) is 0 Å². The standard InChI is InChI=1S/C33H28O7/c1-3-39-32(37)28-23-13-9-5-7-11-21(23)26(30(28)35)25(19-15-17-20(34)18-16-19)27-22-12-8-6-10-14-24(22)29(31(27)36)33(38)40-4-2/h5-18,25,34-36H,3-4H2,1-2H3. The van der Waals surface area contributed by atoms with Crippen LogP contribution < -0.4 is 0 Å². The van der Waals surface area contributed by atoms with E-state index in [1.165, 1.54) is 12.1 Å². The zero-order chi connectivity index (χ0) is 28.4. The van der Waals surface area contributed by atoms with Crippen molar-refractivity contribution in [3.05, 3.63) is 113 Å². The van der Waals surface area contributed by atoms with Gasteiger partial charge in [-0.3, -0.25) is 0 Å². The van der Waals surface area contributed by atoms with Crippen LogP contribution in [0.15, 0.2) is 84.9 Å². The Labute approximate surface area is 231 Å². The van der Waals surface area contributed by atoms with Crippen molar-refractivity contribution in [1.29, 1.82) is 0 Å². The minimum absolute atomic E-state index is 0.0124. The van der Waals surface area contributed by atoms with Gasteiger partial charge in [0.2, 0.25) is 0 Å². The molecule has 0 bridgehead atoms. The summed E-state index contributed by atoms with van der Waals surface area (Å²) in [6.07, 6.45) is 0. The van der Waals surface area contributed by atoms with Crippen LogP contribution in [0.5, 0.6) is 17.2 Å². The molecule has 0 unspecified atom stereocenters. The van der Waals surface area contributed by atoms with Gasteiger partial charge in [-0.2, -0.15) is 0 Å². The molecule has 0 aliphatic heterocycles. The van der Waals surface area contributed by atoms with E-state index in [9.17, 15) is 24.9 Å². The van der Waals surface area contributed by atoms with Crippen LogP contribution >= 0.6 is 0 Å². The Balaban J connectivity index is 1.91. The number of esters is 2. The summed E-state index contributed by atoms with van der Waals surface area (Å²) in [7, 11) is 0. The van der Waals surface area contributed by atoms with Crippen LogP contribution in [0.1, 0.15) is 57.2 Å². The van der Waals surface area contributed by atoms with E-state index in [0.29, 0.717) is 38.9 Å². The van der Waals surface area contributed by atoms with Crippen LogP contribution in [-0.2, 0) is 9.47 Å². The van der Waals surface area contributed by atoms with Crippen molar-refractivity contribution in [2.75, 3.05) is 13.2 Å². The van der Waals surface area contributed by atoms with Crippen molar-refractivity contribution in [2.24, 2.45) is 0 Å². The molecule has 0 saturated heterocycles. The Bertz CT molecular complexity index is 1540. The quantitative estimate of drug-likeness (QED) is 0.202. The zero-order valence-corrected chi connectivity index (χ0v) is 22.0. The molecule has 7 nitrogen and oxygen atoms in total. The molecule has 0 amide bonds. The van der Waals surface area contributed by atoms with Gasteiger partial charge in [-0.25, -0.2) is 9.59 Å². The molecule has 40 heavy (non-hydrogen) atoms. The summed E-state index contributed by atoms with van der Waals surface area (Å²) in [4.78, 5) is 26.2. The number of rotatable bonds is 7. The van der Waals surface area contributed by atoms with Crippen molar-refractivity contribution >= 4 is 11.9 Å². The second-order valence-electron chi connectivity index (χ2n) is 9.22. The highest BCUT2D eigenvalue weighted by Gasteiger charge is 2.38. The normalized spacial score (nSPS) is 11.2. The summed E-state index contributed by atoms with van der Waals surface area (Å²) < 4.78 is 10.6. The lowest BCUT2D eigenvalue weighted by Gasteiger charge is -2.21. The molecule has 0 radical (unpaired) electrons. The van der Waals surface area contributed by atoms with E-state index in [4.69, 9.17) is 9.47 Å². The van der Waals surface area contributed by atoms with E-state index >= 15 is 0 Å². The number of ether oxygens (including phenoxy) is 2. The van der Waals surface area contributed by atoms with Crippen molar-refractivity contribution in [3.63, 3.8) is 0 Å².